The van der Waals surface area contributed by atoms with E-state index in [2.05, 4.69) is 20.9 Å². The van der Waals surface area contributed by atoms with Crippen molar-refractivity contribution in [1.82, 2.24) is 4.98 Å². The molecule has 7 heteroatoms. The lowest BCUT2D eigenvalue weighted by molar-refractivity contribution is -0.384. The molecular weight excluding hydrogens is 319 g/mol. The number of benzene rings is 1. The van der Waals surface area contributed by atoms with Crippen LogP contribution in [0.4, 0.5) is 10.1 Å². The molecule has 5 nitrogen and oxygen atoms in total. The number of ether oxygens (including phenoxy) is 1. The van der Waals surface area contributed by atoms with Gasteiger partial charge in [0, 0.05) is 28.4 Å². The molecule has 0 amide bonds. The SMILES string of the molecule is O=[N+]([O-])c1ccc(COc2cccnc2F)c(Br)c1. The lowest BCUT2D eigenvalue weighted by Crippen LogP contribution is -2.00. The Kier molecular flexibility index (Phi) is 4.06. The van der Waals surface area contributed by atoms with Crippen molar-refractivity contribution in [2.24, 2.45) is 0 Å². The van der Waals surface area contributed by atoms with Gasteiger partial charge in [0.15, 0.2) is 5.75 Å². The molecule has 2 aromatic rings. The minimum atomic E-state index is -0.694. The molecule has 98 valence electrons. The second-order valence-corrected chi connectivity index (χ2v) is 4.47. The number of pyridine rings is 1. The molecule has 0 saturated heterocycles. The zero-order valence-electron chi connectivity index (χ0n) is 9.55. The number of non-ortho nitro benzene ring substituents is 1. The Morgan fingerprint density at radius 3 is 2.84 bits per heavy atom. The van der Waals surface area contributed by atoms with E-state index in [4.69, 9.17) is 4.74 Å². The topological polar surface area (TPSA) is 65.3 Å². The minimum absolute atomic E-state index is 0.0248. The Hall–Kier alpha value is -2.02. The van der Waals surface area contributed by atoms with Crippen molar-refractivity contribution in [3.05, 3.63) is 62.6 Å². The Balaban J connectivity index is 2.12. The van der Waals surface area contributed by atoms with E-state index in [0.717, 1.165) is 0 Å². The summed E-state index contributed by atoms with van der Waals surface area (Å²) in [4.78, 5) is 13.6. The average molecular weight is 327 g/mol. The maximum atomic E-state index is 13.2. The fourth-order valence-corrected chi connectivity index (χ4v) is 1.88. The molecule has 0 fully saturated rings. The predicted molar refractivity (Wildman–Crippen MR) is 69.3 cm³/mol. The maximum Gasteiger partial charge on any atom is 0.270 e. The number of rotatable bonds is 4. The van der Waals surface area contributed by atoms with Crippen LogP contribution in [-0.4, -0.2) is 9.91 Å². The van der Waals surface area contributed by atoms with Gasteiger partial charge in [-0.1, -0.05) is 15.9 Å². The van der Waals surface area contributed by atoms with Crippen molar-refractivity contribution in [3.63, 3.8) is 0 Å². The summed E-state index contributed by atoms with van der Waals surface area (Å²) in [6.07, 6.45) is 1.32. The molecule has 0 atom stereocenters. The third-order valence-corrected chi connectivity index (χ3v) is 3.09. The van der Waals surface area contributed by atoms with Crippen molar-refractivity contribution in [2.75, 3.05) is 0 Å². The first-order valence-electron chi connectivity index (χ1n) is 5.24. The van der Waals surface area contributed by atoms with Gasteiger partial charge in [-0.05, 0) is 18.2 Å². The van der Waals surface area contributed by atoms with Crippen molar-refractivity contribution in [2.45, 2.75) is 6.61 Å². The molecule has 0 radical (unpaired) electrons. The zero-order valence-corrected chi connectivity index (χ0v) is 11.1. The first-order valence-corrected chi connectivity index (χ1v) is 6.03. The summed E-state index contributed by atoms with van der Waals surface area (Å²) in [5.41, 5.74) is 0.650. The largest absolute Gasteiger partial charge is 0.484 e. The molecule has 0 N–H and O–H groups in total. The summed E-state index contributed by atoms with van der Waals surface area (Å²) >= 11 is 3.21. The van der Waals surface area contributed by atoms with Crippen molar-refractivity contribution in [3.8, 4) is 5.75 Å². The monoisotopic (exact) mass is 326 g/mol. The smallest absolute Gasteiger partial charge is 0.270 e. The van der Waals surface area contributed by atoms with Crippen LogP contribution in [0.3, 0.4) is 0 Å². The second-order valence-electron chi connectivity index (χ2n) is 3.61. The molecule has 0 aliphatic heterocycles. The molecule has 0 unspecified atom stereocenters. The third kappa shape index (κ3) is 3.25. The third-order valence-electron chi connectivity index (χ3n) is 2.36. The summed E-state index contributed by atoms with van der Waals surface area (Å²) in [5, 5.41) is 10.6. The van der Waals surface area contributed by atoms with E-state index in [1.54, 1.807) is 12.1 Å². The van der Waals surface area contributed by atoms with E-state index in [1.807, 2.05) is 0 Å². The highest BCUT2D eigenvalue weighted by molar-refractivity contribution is 9.10. The van der Waals surface area contributed by atoms with Crippen LogP contribution in [0.5, 0.6) is 5.75 Å². The van der Waals surface area contributed by atoms with Crippen LogP contribution in [0.25, 0.3) is 0 Å². The molecule has 2 rings (SSSR count). The number of hydrogen-bond donors (Lipinski definition) is 0. The van der Waals surface area contributed by atoms with Crippen LogP contribution >= 0.6 is 15.9 Å². The molecule has 0 spiro atoms. The van der Waals surface area contributed by atoms with Gasteiger partial charge in [-0.15, -0.1) is 0 Å². The average Bonchev–Trinajstić information content (AvgIpc) is 2.39. The van der Waals surface area contributed by atoms with Gasteiger partial charge in [-0.3, -0.25) is 10.1 Å². The number of halogens is 2. The molecular formula is C12H8BrFN2O3. The summed E-state index contributed by atoms with van der Waals surface area (Å²) in [6.45, 7) is 0.0845. The van der Waals surface area contributed by atoms with E-state index >= 15 is 0 Å². The van der Waals surface area contributed by atoms with Gasteiger partial charge in [0.2, 0.25) is 0 Å². The highest BCUT2D eigenvalue weighted by Gasteiger charge is 2.10. The second kappa shape index (κ2) is 5.75. The molecule has 0 saturated carbocycles. The zero-order chi connectivity index (χ0) is 13.8. The Bertz CT molecular complexity index is 622. The molecule has 19 heavy (non-hydrogen) atoms. The number of aromatic nitrogens is 1. The normalized spacial score (nSPS) is 10.2. The van der Waals surface area contributed by atoms with E-state index in [-0.39, 0.29) is 18.0 Å². The molecule has 0 aliphatic rings. The Morgan fingerprint density at radius 2 is 2.21 bits per heavy atom. The van der Waals surface area contributed by atoms with Gasteiger partial charge in [0.25, 0.3) is 11.6 Å². The maximum absolute atomic E-state index is 13.2. The van der Waals surface area contributed by atoms with E-state index in [0.29, 0.717) is 10.0 Å². The van der Waals surface area contributed by atoms with Gasteiger partial charge in [0.05, 0.1) is 4.92 Å². The van der Waals surface area contributed by atoms with E-state index < -0.39 is 10.9 Å². The van der Waals surface area contributed by atoms with Gasteiger partial charge in [-0.25, -0.2) is 4.98 Å². The quantitative estimate of drug-likeness (QED) is 0.490. The van der Waals surface area contributed by atoms with Gasteiger partial charge < -0.3 is 4.74 Å². The van der Waals surface area contributed by atoms with Crippen LogP contribution in [0.2, 0.25) is 0 Å². The highest BCUT2D eigenvalue weighted by Crippen LogP contribution is 2.24. The summed E-state index contributed by atoms with van der Waals surface area (Å²) in [7, 11) is 0. The number of nitro benzene ring substituents is 1. The number of hydrogen-bond acceptors (Lipinski definition) is 4. The summed E-state index contributed by atoms with van der Waals surface area (Å²) < 4.78 is 19.0. The minimum Gasteiger partial charge on any atom is -0.484 e. The van der Waals surface area contributed by atoms with Crippen LogP contribution in [0, 0.1) is 16.1 Å². The van der Waals surface area contributed by atoms with Crippen molar-refractivity contribution < 1.29 is 14.1 Å². The standard InChI is InChI=1S/C12H8BrFN2O3/c13-10-6-9(16(17)18)4-3-8(10)7-19-11-2-1-5-15-12(11)14/h1-6H,7H2. The van der Waals surface area contributed by atoms with Crippen LogP contribution < -0.4 is 4.74 Å². The lowest BCUT2D eigenvalue weighted by atomic mass is 10.2. The molecule has 1 aromatic heterocycles. The van der Waals surface area contributed by atoms with Crippen LogP contribution in [0.1, 0.15) is 5.56 Å². The Labute approximate surface area is 116 Å². The van der Waals surface area contributed by atoms with Gasteiger partial charge >= 0.3 is 0 Å². The fourth-order valence-electron chi connectivity index (χ4n) is 1.40. The molecule has 1 heterocycles. The van der Waals surface area contributed by atoms with Gasteiger partial charge in [0.1, 0.15) is 6.61 Å². The van der Waals surface area contributed by atoms with Crippen LogP contribution in [-0.2, 0) is 6.61 Å². The fraction of sp³-hybridized carbons (Fsp3) is 0.0833. The lowest BCUT2D eigenvalue weighted by Gasteiger charge is -2.07. The molecule has 0 aliphatic carbocycles. The van der Waals surface area contributed by atoms with E-state index in [9.17, 15) is 14.5 Å². The number of nitro groups is 1. The highest BCUT2D eigenvalue weighted by atomic mass is 79.9. The number of nitrogens with zero attached hydrogens (tertiary/aromatic N) is 2. The summed E-state index contributed by atoms with van der Waals surface area (Å²) in [5.74, 6) is -0.659. The van der Waals surface area contributed by atoms with Gasteiger partial charge in [-0.2, -0.15) is 4.39 Å². The molecule has 0 bridgehead atoms. The molecule has 1 aromatic carbocycles. The Morgan fingerprint density at radius 1 is 1.42 bits per heavy atom. The van der Waals surface area contributed by atoms with Crippen molar-refractivity contribution >= 4 is 21.6 Å². The first kappa shape index (κ1) is 13.4. The summed E-state index contributed by atoms with van der Waals surface area (Å²) in [6, 6.07) is 7.31. The van der Waals surface area contributed by atoms with Crippen LogP contribution in [0.15, 0.2) is 41.0 Å². The first-order chi connectivity index (χ1) is 9.08. The van der Waals surface area contributed by atoms with Crippen molar-refractivity contribution in [1.29, 1.82) is 0 Å². The predicted octanol–water partition coefficient (Wildman–Crippen LogP) is 3.47. The van der Waals surface area contributed by atoms with E-state index in [1.165, 1.54) is 24.4 Å².